The standard InChI is InChI=1S/C22H23F2N3O2/c23-16-7-8-20(19(24)15-16)26-13-11-25(12-14-26)9-3-4-10-27-21(28)17-5-1-2-6-18(17)22(27)29/h1-2,5-8,15H,3-4,9-14H2. The summed E-state index contributed by atoms with van der Waals surface area (Å²) >= 11 is 0. The second kappa shape index (κ2) is 8.29. The molecule has 0 unspecified atom stereocenters. The van der Waals surface area contributed by atoms with Crippen molar-refractivity contribution >= 4 is 17.5 Å². The minimum atomic E-state index is -0.567. The molecule has 2 aromatic carbocycles. The fourth-order valence-electron chi connectivity index (χ4n) is 4.00. The third kappa shape index (κ3) is 4.00. The van der Waals surface area contributed by atoms with E-state index in [0.29, 0.717) is 36.4 Å². The molecule has 0 aromatic heterocycles. The Bertz CT molecular complexity index is 891. The second-order valence-electron chi connectivity index (χ2n) is 7.44. The first kappa shape index (κ1) is 19.5. The Morgan fingerprint density at radius 1 is 0.793 bits per heavy atom. The first-order valence-electron chi connectivity index (χ1n) is 9.92. The molecule has 0 spiro atoms. The molecule has 2 heterocycles. The third-order valence-electron chi connectivity index (χ3n) is 5.61. The molecular weight excluding hydrogens is 376 g/mol. The third-order valence-corrected chi connectivity index (χ3v) is 5.61. The lowest BCUT2D eigenvalue weighted by Gasteiger charge is -2.36. The van der Waals surface area contributed by atoms with E-state index >= 15 is 0 Å². The highest BCUT2D eigenvalue weighted by molar-refractivity contribution is 6.21. The van der Waals surface area contributed by atoms with E-state index < -0.39 is 11.6 Å². The Kier molecular flexibility index (Phi) is 5.58. The monoisotopic (exact) mass is 399 g/mol. The van der Waals surface area contributed by atoms with Gasteiger partial charge in [0.25, 0.3) is 11.8 Å². The fraction of sp³-hybridized carbons (Fsp3) is 0.364. The molecule has 5 nitrogen and oxygen atoms in total. The van der Waals surface area contributed by atoms with Gasteiger partial charge in [-0.3, -0.25) is 19.4 Å². The second-order valence-corrected chi connectivity index (χ2v) is 7.44. The number of nitrogens with zero attached hydrogens (tertiary/aromatic N) is 3. The van der Waals surface area contributed by atoms with Crippen molar-refractivity contribution in [1.82, 2.24) is 9.80 Å². The number of unbranched alkanes of at least 4 members (excludes halogenated alkanes) is 1. The van der Waals surface area contributed by atoms with E-state index in [9.17, 15) is 18.4 Å². The number of carbonyl (C=O) groups is 2. The Hall–Kier alpha value is -2.80. The van der Waals surface area contributed by atoms with E-state index in [1.54, 1.807) is 24.3 Å². The van der Waals surface area contributed by atoms with E-state index in [1.165, 1.54) is 17.0 Å². The molecule has 0 saturated carbocycles. The van der Waals surface area contributed by atoms with E-state index in [-0.39, 0.29) is 11.8 Å². The molecule has 1 saturated heterocycles. The molecule has 2 aromatic rings. The van der Waals surface area contributed by atoms with Crippen LogP contribution < -0.4 is 4.90 Å². The van der Waals surface area contributed by atoms with Gasteiger partial charge < -0.3 is 4.90 Å². The van der Waals surface area contributed by atoms with Gasteiger partial charge in [-0.2, -0.15) is 0 Å². The van der Waals surface area contributed by atoms with E-state index in [4.69, 9.17) is 0 Å². The zero-order chi connectivity index (χ0) is 20.4. The van der Waals surface area contributed by atoms with Crippen LogP contribution in [0, 0.1) is 11.6 Å². The van der Waals surface area contributed by atoms with Crippen LogP contribution in [0.25, 0.3) is 0 Å². The number of anilines is 1. The van der Waals surface area contributed by atoms with Crippen LogP contribution >= 0.6 is 0 Å². The van der Waals surface area contributed by atoms with Crippen molar-refractivity contribution in [2.75, 3.05) is 44.2 Å². The topological polar surface area (TPSA) is 43.9 Å². The Morgan fingerprint density at radius 3 is 2.03 bits per heavy atom. The van der Waals surface area contributed by atoms with Gasteiger partial charge in [-0.05, 0) is 43.7 Å². The Labute approximate surface area is 168 Å². The lowest BCUT2D eigenvalue weighted by Crippen LogP contribution is -2.47. The molecule has 0 N–H and O–H groups in total. The van der Waals surface area contributed by atoms with Crippen molar-refractivity contribution in [3.8, 4) is 0 Å². The number of imide groups is 1. The number of rotatable bonds is 6. The van der Waals surface area contributed by atoms with Crippen LogP contribution in [0.4, 0.5) is 14.5 Å². The van der Waals surface area contributed by atoms with Crippen LogP contribution in [-0.2, 0) is 0 Å². The number of benzene rings is 2. The van der Waals surface area contributed by atoms with Crippen molar-refractivity contribution in [2.24, 2.45) is 0 Å². The molecule has 2 aliphatic heterocycles. The summed E-state index contributed by atoms with van der Waals surface area (Å²) in [5.74, 6) is -1.51. The van der Waals surface area contributed by atoms with Gasteiger partial charge in [-0.25, -0.2) is 8.78 Å². The minimum Gasteiger partial charge on any atom is -0.367 e. The Balaban J connectivity index is 1.21. The van der Waals surface area contributed by atoms with Gasteiger partial charge >= 0.3 is 0 Å². The molecule has 1 fully saturated rings. The van der Waals surface area contributed by atoms with Gasteiger partial charge in [-0.1, -0.05) is 12.1 Å². The first-order valence-corrected chi connectivity index (χ1v) is 9.92. The number of carbonyl (C=O) groups excluding carboxylic acids is 2. The van der Waals surface area contributed by atoms with Crippen molar-refractivity contribution in [3.63, 3.8) is 0 Å². The van der Waals surface area contributed by atoms with Gasteiger partial charge in [-0.15, -0.1) is 0 Å². The summed E-state index contributed by atoms with van der Waals surface area (Å²) in [5.41, 5.74) is 1.42. The fourth-order valence-corrected chi connectivity index (χ4v) is 4.00. The molecule has 7 heteroatoms. The molecule has 152 valence electrons. The lowest BCUT2D eigenvalue weighted by atomic mass is 10.1. The normalized spacial score (nSPS) is 17.2. The minimum absolute atomic E-state index is 0.208. The van der Waals surface area contributed by atoms with E-state index in [0.717, 1.165) is 38.5 Å². The average molecular weight is 399 g/mol. The zero-order valence-electron chi connectivity index (χ0n) is 16.1. The molecule has 4 rings (SSSR count). The lowest BCUT2D eigenvalue weighted by molar-refractivity contribution is 0.0650. The molecule has 0 radical (unpaired) electrons. The summed E-state index contributed by atoms with van der Waals surface area (Å²) in [6.07, 6.45) is 1.62. The highest BCUT2D eigenvalue weighted by Gasteiger charge is 2.34. The highest BCUT2D eigenvalue weighted by atomic mass is 19.1. The molecule has 2 amide bonds. The number of halogens is 2. The molecule has 29 heavy (non-hydrogen) atoms. The summed E-state index contributed by atoms with van der Waals surface area (Å²) in [4.78, 5) is 30.3. The number of amides is 2. The average Bonchev–Trinajstić information content (AvgIpc) is 2.97. The smallest absolute Gasteiger partial charge is 0.261 e. The van der Waals surface area contributed by atoms with Gasteiger partial charge in [0.15, 0.2) is 0 Å². The SMILES string of the molecule is O=C1c2ccccc2C(=O)N1CCCCN1CCN(c2ccc(F)cc2F)CC1. The molecule has 2 aliphatic rings. The van der Waals surface area contributed by atoms with Crippen molar-refractivity contribution in [3.05, 3.63) is 65.2 Å². The largest absolute Gasteiger partial charge is 0.367 e. The van der Waals surface area contributed by atoms with Crippen molar-refractivity contribution in [1.29, 1.82) is 0 Å². The maximum absolute atomic E-state index is 13.9. The van der Waals surface area contributed by atoms with Crippen LogP contribution in [0.1, 0.15) is 33.6 Å². The first-order chi connectivity index (χ1) is 14.0. The number of hydrogen-bond donors (Lipinski definition) is 0. The van der Waals surface area contributed by atoms with Gasteiger partial charge in [0.1, 0.15) is 11.6 Å². The summed E-state index contributed by atoms with van der Waals surface area (Å²) in [6.45, 7) is 4.24. The van der Waals surface area contributed by atoms with Crippen LogP contribution in [0.15, 0.2) is 42.5 Å². The zero-order valence-corrected chi connectivity index (χ0v) is 16.1. The molecule has 0 atom stereocenters. The summed E-state index contributed by atoms with van der Waals surface area (Å²) in [7, 11) is 0. The predicted octanol–water partition coefficient (Wildman–Crippen LogP) is 3.16. The van der Waals surface area contributed by atoms with Crippen molar-refractivity contribution < 1.29 is 18.4 Å². The van der Waals surface area contributed by atoms with Crippen LogP contribution in [0.2, 0.25) is 0 Å². The molecule has 0 bridgehead atoms. The highest BCUT2D eigenvalue weighted by Crippen LogP contribution is 2.23. The van der Waals surface area contributed by atoms with Crippen LogP contribution in [0.3, 0.4) is 0 Å². The molecule has 0 aliphatic carbocycles. The van der Waals surface area contributed by atoms with E-state index in [1.807, 2.05) is 4.90 Å². The summed E-state index contributed by atoms with van der Waals surface area (Å²) < 4.78 is 27.0. The van der Waals surface area contributed by atoms with Gasteiger partial charge in [0.05, 0.1) is 16.8 Å². The van der Waals surface area contributed by atoms with E-state index in [2.05, 4.69) is 4.90 Å². The Morgan fingerprint density at radius 2 is 1.41 bits per heavy atom. The quantitative estimate of drug-likeness (QED) is 0.553. The van der Waals surface area contributed by atoms with Crippen molar-refractivity contribution in [2.45, 2.75) is 12.8 Å². The number of hydrogen-bond acceptors (Lipinski definition) is 4. The predicted molar refractivity (Wildman–Crippen MR) is 106 cm³/mol. The van der Waals surface area contributed by atoms with Crippen LogP contribution in [-0.4, -0.2) is 60.9 Å². The summed E-state index contributed by atoms with van der Waals surface area (Å²) in [6, 6.07) is 10.6. The molecular formula is C22H23F2N3O2. The van der Waals surface area contributed by atoms with Gasteiger partial charge in [0, 0.05) is 38.8 Å². The van der Waals surface area contributed by atoms with Gasteiger partial charge in [0.2, 0.25) is 0 Å². The maximum Gasteiger partial charge on any atom is 0.261 e. The number of fused-ring (bicyclic) bond motifs is 1. The maximum atomic E-state index is 13.9. The van der Waals surface area contributed by atoms with Crippen LogP contribution in [0.5, 0.6) is 0 Å². The number of piperazine rings is 1. The summed E-state index contributed by atoms with van der Waals surface area (Å²) in [5, 5.41) is 0.